The molecule has 0 aliphatic heterocycles. The van der Waals surface area contributed by atoms with E-state index in [0.29, 0.717) is 0 Å². The molecular weight excluding hydrogens is 226 g/mol. The summed E-state index contributed by atoms with van der Waals surface area (Å²) in [6.07, 6.45) is 0. The normalized spacial score (nSPS) is 12.1. The number of hydrogen-bond donors (Lipinski definition) is 0. The van der Waals surface area contributed by atoms with Gasteiger partial charge < -0.3 is 4.42 Å². The molecule has 0 atom stereocenters. The van der Waals surface area contributed by atoms with Gasteiger partial charge in [-0.15, -0.1) is 0 Å². The molecule has 0 amide bonds. The fraction of sp³-hybridized carbons (Fsp3) is 0.308. The van der Waals surface area contributed by atoms with Gasteiger partial charge >= 0.3 is 0 Å². The molecule has 2 aromatic rings. The van der Waals surface area contributed by atoms with Crippen molar-refractivity contribution < 1.29 is 18.0 Å². The number of ketones is 1. The van der Waals surface area contributed by atoms with Gasteiger partial charge in [-0.3, -0.25) is 4.79 Å². The van der Waals surface area contributed by atoms with Gasteiger partial charge in [0.05, 0.1) is 5.39 Å². The van der Waals surface area contributed by atoms with E-state index in [2.05, 4.69) is 0 Å². The minimum atomic E-state index is -0.672. The molecule has 0 fully saturated rings. The fourth-order valence-electron chi connectivity index (χ4n) is 1.54. The number of carbonyl (C=O) groups is 1. The lowest BCUT2D eigenvalue weighted by atomic mass is 9.89. The van der Waals surface area contributed by atoms with Crippen LogP contribution >= 0.6 is 0 Å². The van der Waals surface area contributed by atoms with Crippen LogP contribution in [-0.4, -0.2) is 5.78 Å². The molecule has 0 saturated carbocycles. The number of carbonyl (C=O) groups excluding carboxylic acids is 1. The summed E-state index contributed by atoms with van der Waals surface area (Å²) in [5.74, 6) is -1.57. The lowest BCUT2D eigenvalue weighted by Crippen LogP contribution is -2.19. The Morgan fingerprint density at radius 3 is 2.29 bits per heavy atom. The van der Waals surface area contributed by atoms with Crippen LogP contribution in [0.4, 0.5) is 8.78 Å². The first-order valence-corrected chi connectivity index (χ1v) is 5.23. The quantitative estimate of drug-likeness (QED) is 0.704. The van der Waals surface area contributed by atoms with E-state index >= 15 is 0 Å². The lowest BCUT2D eigenvalue weighted by Gasteiger charge is -2.13. The van der Waals surface area contributed by atoms with Crippen molar-refractivity contribution in [2.45, 2.75) is 20.8 Å². The predicted octanol–water partition coefficient (Wildman–Crippen LogP) is 3.94. The van der Waals surface area contributed by atoms with Crippen LogP contribution in [0.5, 0.6) is 0 Å². The molecule has 0 aliphatic rings. The van der Waals surface area contributed by atoms with Crippen LogP contribution in [0.15, 0.2) is 22.6 Å². The van der Waals surface area contributed by atoms with E-state index in [1.165, 1.54) is 6.07 Å². The summed E-state index contributed by atoms with van der Waals surface area (Å²) in [6.45, 7) is 5.15. The van der Waals surface area contributed by atoms with Gasteiger partial charge in [0.25, 0.3) is 0 Å². The van der Waals surface area contributed by atoms with Crippen molar-refractivity contribution in [3.63, 3.8) is 0 Å². The van der Waals surface area contributed by atoms with Crippen molar-refractivity contribution in [1.82, 2.24) is 0 Å². The molecule has 0 aliphatic carbocycles. The molecular formula is C13H12F2O2. The van der Waals surface area contributed by atoms with Gasteiger partial charge in [-0.2, -0.15) is 0 Å². The Morgan fingerprint density at radius 1 is 1.18 bits per heavy atom. The zero-order valence-corrected chi connectivity index (χ0v) is 9.80. The average Bonchev–Trinajstić information content (AvgIpc) is 2.67. The predicted molar refractivity (Wildman–Crippen MR) is 59.9 cm³/mol. The van der Waals surface area contributed by atoms with Gasteiger partial charge in [0.2, 0.25) is 5.78 Å². The SMILES string of the molecule is CC(C)(C)C(=O)c1cc2c(F)ccc(F)c2o1. The van der Waals surface area contributed by atoms with Crippen molar-refractivity contribution in [3.05, 3.63) is 35.6 Å². The highest BCUT2D eigenvalue weighted by molar-refractivity contribution is 6.00. The third kappa shape index (κ3) is 1.95. The summed E-state index contributed by atoms with van der Waals surface area (Å²) in [7, 11) is 0. The summed E-state index contributed by atoms with van der Waals surface area (Å²) >= 11 is 0. The van der Waals surface area contributed by atoms with Gasteiger partial charge in [-0.05, 0) is 18.2 Å². The summed E-state index contributed by atoms with van der Waals surface area (Å²) < 4.78 is 31.9. The molecule has 90 valence electrons. The van der Waals surface area contributed by atoms with Crippen LogP contribution in [0.2, 0.25) is 0 Å². The van der Waals surface area contributed by atoms with Crippen molar-refractivity contribution in [2.75, 3.05) is 0 Å². The number of benzene rings is 1. The van der Waals surface area contributed by atoms with Gasteiger partial charge in [0.15, 0.2) is 17.2 Å². The zero-order chi connectivity index (χ0) is 12.8. The standard InChI is InChI=1S/C13H12F2O2/c1-13(2,3)12(16)10-6-7-8(14)4-5-9(15)11(7)17-10/h4-6H,1-3H3. The first-order chi connectivity index (χ1) is 7.80. The van der Waals surface area contributed by atoms with E-state index in [9.17, 15) is 13.6 Å². The highest BCUT2D eigenvalue weighted by Crippen LogP contribution is 2.29. The van der Waals surface area contributed by atoms with Gasteiger partial charge in [-0.25, -0.2) is 8.78 Å². The number of halogens is 2. The Balaban J connectivity index is 2.64. The second-order valence-electron chi connectivity index (χ2n) is 4.96. The van der Waals surface area contributed by atoms with Crippen molar-refractivity contribution >= 4 is 16.8 Å². The highest BCUT2D eigenvalue weighted by atomic mass is 19.1. The van der Waals surface area contributed by atoms with E-state index in [-0.39, 0.29) is 22.5 Å². The summed E-state index contributed by atoms with van der Waals surface area (Å²) in [5, 5.41) is -0.00222. The van der Waals surface area contributed by atoms with Gasteiger partial charge in [0, 0.05) is 5.41 Å². The highest BCUT2D eigenvalue weighted by Gasteiger charge is 2.27. The van der Waals surface area contributed by atoms with Crippen molar-refractivity contribution in [2.24, 2.45) is 5.41 Å². The Bertz CT molecular complexity index is 552. The maximum atomic E-state index is 13.4. The van der Waals surface area contributed by atoms with Crippen LogP contribution in [0, 0.1) is 17.0 Å². The largest absolute Gasteiger partial charge is 0.450 e. The van der Waals surface area contributed by atoms with Crippen molar-refractivity contribution in [3.8, 4) is 0 Å². The zero-order valence-electron chi connectivity index (χ0n) is 9.80. The molecule has 0 radical (unpaired) electrons. The maximum Gasteiger partial charge on any atom is 0.203 e. The number of Topliss-reactive ketones (excluding diaryl/α,β-unsaturated/α-hetero) is 1. The van der Waals surface area contributed by atoms with E-state index in [4.69, 9.17) is 4.42 Å². The van der Waals surface area contributed by atoms with Crippen LogP contribution in [0.1, 0.15) is 31.3 Å². The molecule has 0 spiro atoms. The summed E-state index contributed by atoms with van der Waals surface area (Å²) in [4.78, 5) is 11.9. The third-order valence-corrected chi connectivity index (χ3v) is 2.49. The topological polar surface area (TPSA) is 30.2 Å². The summed E-state index contributed by atoms with van der Waals surface area (Å²) in [6, 6.07) is 3.24. The molecule has 17 heavy (non-hydrogen) atoms. The van der Waals surface area contributed by atoms with E-state index < -0.39 is 17.0 Å². The van der Waals surface area contributed by atoms with Crippen LogP contribution in [0.3, 0.4) is 0 Å². The van der Waals surface area contributed by atoms with Crippen LogP contribution in [0.25, 0.3) is 11.0 Å². The maximum absolute atomic E-state index is 13.4. The molecule has 2 rings (SSSR count). The molecule has 4 heteroatoms. The minimum Gasteiger partial charge on any atom is -0.450 e. The number of furan rings is 1. The Morgan fingerprint density at radius 2 is 1.76 bits per heavy atom. The molecule has 0 saturated heterocycles. The first kappa shape index (κ1) is 11.8. The number of fused-ring (bicyclic) bond motifs is 1. The van der Waals surface area contributed by atoms with Crippen LogP contribution in [-0.2, 0) is 0 Å². The van der Waals surface area contributed by atoms with E-state index in [1.54, 1.807) is 20.8 Å². The molecule has 1 aromatic carbocycles. The van der Waals surface area contributed by atoms with Crippen molar-refractivity contribution in [1.29, 1.82) is 0 Å². The molecule has 0 unspecified atom stereocenters. The second-order valence-corrected chi connectivity index (χ2v) is 4.96. The monoisotopic (exact) mass is 238 g/mol. The minimum absolute atomic E-state index is 0.00222. The number of rotatable bonds is 1. The smallest absolute Gasteiger partial charge is 0.203 e. The average molecular weight is 238 g/mol. The molecule has 1 heterocycles. The summed E-state index contributed by atoms with van der Waals surface area (Å²) in [5.41, 5.74) is -0.863. The Hall–Kier alpha value is -1.71. The fourth-order valence-corrected chi connectivity index (χ4v) is 1.54. The lowest BCUT2D eigenvalue weighted by molar-refractivity contribution is 0.0830. The molecule has 1 aromatic heterocycles. The number of hydrogen-bond acceptors (Lipinski definition) is 2. The van der Waals surface area contributed by atoms with E-state index in [1.807, 2.05) is 0 Å². The van der Waals surface area contributed by atoms with Crippen LogP contribution < -0.4 is 0 Å². The molecule has 2 nitrogen and oxygen atoms in total. The molecule has 0 N–H and O–H groups in total. The second kappa shape index (κ2) is 3.65. The van der Waals surface area contributed by atoms with Gasteiger partial charge in [0.1, 0.15) is 5.82 Å². The molecule has 0 bridgehead atoms. The van der Waals surface area contributed by atoms with E-state index in [0.717, 1.165) is 12.1 Å². The third-order valence-electron chi connectivity index (χ3n) is 2.49. The Labute approximate surface area is 97.2 Å². The van der Waals surface area contributed by atoms with Gasteiger partial charge in [-0.1, -0.05) is 20.8 Å². The Kier molecular flexibility index (Phi) is 2.53. The first-order valence-electron chi connectivity index (χ1n) is 5.23.